The number of aliphatic carboxylic acids is 1. The van der Waals surface area contributed by atoms with Crippen LogP contribution in [0.3, 0.4) is 0 Å². The van der Waals surface area contributed by atoms with E-state index in [1.54, 1.807) is 0 Å². The third kappa shape index (κ3) is 2.95. The highest BCUT2D eigenvalue weighted by Gasteiger charge is 2.48. The Bertz CT molecular complexity index is 256. The summed E-state index contributed by atoms with van der Waals surface area (Å²) in [7, 11) is 0. The van der Waals surface area contributed by atoms with Gasteiger partial charge in [-0.05, 0) is 46.0 Å². The molecule has 0 heterocycles. The number of carboxylic acids is 1. The Morgan fingerprint density at radius 3 is 2.44 bits per heavy atom. The molecule has 2 unspecified atom stereocenters. The molecule has 0 aromatic heterocycles. The van der Waals surface area contributed by atoms with Gasteiger partial charge in [0.25, 0.3) is 0 Å². The van der Waals surface area contributed by atoms with E-state index in [1.165, 1.54) is 0 Å². The molecule has 1 aliphatic rings. The van der Waals surface area contributed by atoms with Crippen molar-refractivity contribution >= 4 is 5.97 Å². The zero-order valence-electron chi connectivity index (χ0n) is 10.6. The summed E-state index contributed by atoms with van der Waals surface area (Å²) in [5, 5.41) is 9.35. The van der Waals surface area contributed by atoms with Crippen LogP contribution in [0.1, 0.15) is 53.4 Å². The Morgan fingerprint density at radius 2 is 2.00 bits per heavy atom. The molecule has 16 heavy (non-hydrogen) atoms. The number of carbonyl (C=O) groups is 1. The van der Waals surface area contributed by atoms with E-state index in [-0.39, 0.29) is 5.92 Å². The number of hydrogen-bond donors (Lipinski definition) is 1. The summed E-state index contributed by atoms with van der Waals surface area (Å²) in [6.45, 7) is 7.45. The first-order valence-electron chi connectivity index (χ1n) is 5.88. The first kappa shape index (κ1) is 13.5. The Labute approximate surface area is 96.9 Å². The summed E-state index contributed by atoms with van der Waals surface area (Å²) in [6.07, 6.45) is 3.35. The number of rotatable bonds is 3. The van der Waals surface area contributed by atoms with Gasteiger partial charge in [0.1, 0.15) is 0 Å². The third-order valence-corrected chi connectivity index (χ3v) is 3.03. The third-order valence-electron chi connectivity index (χ3n) is 3.03. The molecular formula is C12H22O4. The van der Waals surface area contributed by atoms with Crippen LogP contribution in [0.4, 0.5) is 0 Å². The SMILES string of the molecule is CC1CCCCC1(OOC(C)(C)C)C(=O)O. The second-order valence-corrected chi connectivity index (χ2v) is 5.62. The average molecular weight is 230 g/mol. The summed E-state index contributed by atoms with van der Waals surface area (Å²) in [6, 6.07) is 0. The van der Waals surface area contributed by atoms with Crippen molar-refractivity contribution < 1.29 is 19.7 Å². The van der Waals surface area contributed by atoms with Gasteiger partial charge >= 0.3 is 5.97 Å². The summed E-state index contributed by atoms with van der Waals surface area (Å²) in [4.78, 5) is 21.9. The van der Waals surface area contributed by atoms with Gasteiger partial charge in [-0.15, -0.1) is 0 Å². The van der Waals surface area contributed by atoms with E-state index in [1.807, 2.05) is 27.7 Å². The highest BCUT2D eigenvalue weighted by atomic mass is 17.2. The van der Waals surface area contributed by atoms with Crippen LogP contribution < -0.4 is 0 Å². The van der Waals surface area contributed by atoms with Crippen molar-refractivity contribution in [3.8, 4) is 0 Å². The minimum Gasteiger partial charge on any atom is -0.479 e. The molecule has 1 saturated carbocycles. The zero-order chi connectivity index (χ0) is 12.4. The molecule has 4 nitrogen and oxygen atoms in total. The highest BCUT2D eigenvalue weighted by Crippen LogP contribution is 2.38. The number of hydrogen-bond acceptors (Lipinski definition) is 3. The summed E-state index contributed by atoms with van der Waals surface area (Å²) in [5.74, 6) is -0.926. The molecule has 1 N–H and O–H groups in total. The lowest BCUT2D eigenvalue weighted by Gasteiger charge is -2.38. The van der Waals surface area contributed by atoms with Gasteiger partial charge in [0.2, 0.25) is 5.60 Å². The van der Waals surface area contributed by atoms with Crippen LogP contribution in [0.25, 0.3) is 0 Å². The molecule has 0 aromatic carbocycles. The zero-order valence-corrected chi connectivity index (χ0v) is 10.6. The Kier molecular flexibility index (Phi) is 3.97. The maximum atomic E-state index is 11.4. The van der Waals surface area contributed by atoms with E-state index in [4.69, 9.17) is 9.78 Å². The van der Waals surface area contributed by atoms with E-state index in [0.717, 1.165) is 19.3 Å². The molecule has 0 amide bonds. The molecule has 0 saturated heterocycles. The normalized spacial score (nSPS) is 31.4. The lowest BCUT2D eigenvalue weighted by molar-refractivity contribution is -0.408. The van der Waals surface area contributed by atoms with Crippen molar-refractivity contribution in [1.29, 1.82) is 0 Å². The Morgan fingerprint density at radius 1 is 1.38 bits per heavy atom. The van der Waals surface area contributed by atoms with Crippen LogP contribution in [-0.4, -0.2) is 22.3 Å². The molecule has 1 fully saturated rings. The fourth-order valence-corrected chi connectivity index (χ4v) is 1.99. The summed E-state index contributed by atoms with van der Waals surface area (Å²) >= 11 is 0. The Hall–Kier alpha value is -0.610. The first-order valence-corrected chi connectivity index (χ1v) is 5.88. The van der Waals surface area contributed by atoms with Crippen LogP contribution in [0.5, 0.6) is 0 Å². The number of carboxylic acid groups (broad SMARTS) is 1. The topological polar surface area (TPSA) is 55.8 Å². The first-order chi connectivity index (χ1) is 7.28. The van der Waals surface area contributed by atoms with Gasteiger partial charge < -0.3 is 5.11 Å². The van der Waals surface area contributed by atoms with Gasteiger partial charge in [-0.3, -0.25) is 0 Å². The molecule has 0 bridgehead atoms. The van der Waals surface area contributed by atoms with E-state index in [9.17, 15) is 9.90 Å². The van der Waals surface area contributed by atoms with Gasteiger partial charge in [-0.2, -0.15) is 0 Å². The summed E-state index contributed by atoms with van der Waals surface area (Å²) < 4.78 is 0. The van der Waals surface area contributed by atoms with Crippen molar-refractivity contribution in [3.05, 3.63) is 0 Å². The maximum absolute atomic E-state index is 11.4. The predicted molar refractivity (Wildman–Crippen MR) is 59.9 cm³/mol. The predicted octanol–water partition coefficient (Wildman–Crippen LogP) is 2.77. The van der Waals surface area contributed by atoms with E-state index < -0.39 is 17.2 Å². The van der Waals surface area contributed by atoms with Crippen LogP contribution in [-0.2, 0) is 14.6 Å². The van der Waals surface area contributed by atoms with E-state index in [0.29, 0.717) is 6.42 Å². The lowest BCUT2D eigenvalue weighted by atomic mass is 9.76. The molecule has 0 spiro atoms. The van der Waals surface area contributed by atoms with Crippen molar-refractivity contribution in [1.82, 2.24) is 0 Å². The smallest absolute Gasteiger partial charge is 0.339 e. The van der Waals surface area contributed by atoms with Gasteiger partial charge in [0.05, 0.1) is 5.60 Å². The van der Waals surface area contributed by atoms with Crippen molar-refractivity contribution in [2.75, 3.05) is 0 Å². The lowest BCUT2D eigenvalue weighted by Crippen LogP contribution is -2.50. The average Bonchev–Trinajstić information content (AvgIpc) is 2.15. The fourth-order valence-electron chi connectivity index (χ4n) is 1.99. The minimum atomic E-state index is -1.16. The quantitative estimate of drug-likeness (QED) is 0.598. The second-order valence-electron chi connectivity index (χ2n) is 5.62. The van der Waals surface area contributed by atoms with Crippen LogP contribution >= 0.6 is 0 Å². The largest absolute Gasteiger partial charge is 0.479 e. The molecule has 0 radical (unpaired) electrons. The molecular weight excluding hydrogens is 208 g/mol. The van der Waals surface area contributed by atoms with Crippen molar-refractivity contribution in [3.63, 3.8) is 0 Å². The molecule has 94 valence electrons. The molecule has 1 rings (SSSR count). The molecule has 1 aliphatic carbocycles. The summed E-state index contributed by atoms with van der Waals surface area (Å²) in [5.41, 5.74) is -1.65. The van der Waals surface area contributed by atoms with Gasteiger partial charge in [0, 0.05) is 0 Å². The van der Waals surface area contributed by atoms with Crippen LogP contribution in [0.15, 0.2) is 0 Å². The van der Waals surface area contributed by atoms with Gasteiger partial charge in [0.15, 0.2) is 0 Å². The highest BCUT2D eigenvalue weighted by molar-refractivity contribution is 5.78. The molecule has 0 aliphatic heterocycles. The van der Waals surface area contributed by atoms with Crippen LogP contribution in [0.2, 0.25) is 0 Å². The van der Waals surface area contributed by atoms with Gasteiger partial charge in [-0.1, -0.05) is 13.3 Å². The molecule has 2 atom stereocenters. The minimum absolute atomic E-state index is 0.0129. The Balaban J connectivity index is 2.76. The van der Waals surface area contributed by atoms with E-state index >= 15 is 0 Å². The standard InChI is InChI=1S/C12H22O4/c1-9-7-5-6-8-12(9,10(13)14)16-15-11(2,3)4/h9H,5-8H2,1-4H3,(H,13,14). The van der Waals surface area contributed by atoms with Crippen LogP contribution in [0, 0.1) is 5.92 Å². The second kappa shape index (κ2) is 4.72. The monoisotopic (exact) mass is 230 g/mol. The molecule has 4 heteroatoms. The maximum Gasteiger partial charge on any atom is 0.339 e. The van der Waals surface area contributed by atoms with E-state index in [2.05, 4.69) is 0 Å². The van der Waals surface area contributed by atoms with Crippen molar-refractivity contribution in [2.45, 2.75) is 64.6 Å². The van der Waals surface area contributed by atoms with Gasteiger partial charge in [-0.25, -0.2) is 14.6 Å². The fraction of sp³-hybridized carbons (Fsp3) is 0.917. The van der Waals surface area contributed by atoms with Crippen molar-refractivity contribution in [2.24, 2.45) is 5.92 Å². The molecule has 0 aromatic rings.